The Kier molecular flexibility index (Phi) is 5.34. The fraction of sp³-hybridized carbons (Fsp3) is 0.316. The number of rotatable bonds is 5. The van der Waals surface area contributed by atoms with E-state index < -0.39 is 0 Å². The van der Waals surface area contributed by atoms with Crippen LogP contribution in [0.25, 0.3) is 0 Å². The molecule has 0 saturated heterocycles. The lowest BCUT2D eigenvalue weighted by Crippen LogP contribution is -2.15. The molecule has 0 radical (unpaired) electrons. The number of anilines is 2. The van der Waals surface area contributed by atoms with E-state index >= 15 is 0 Å². The number of nitrogens with zero attached hydrogens (tertiary/aromatic N) is 1. The molecular formula is C19H23N3O2. The third-order valence-electron chi connectivity index (χ3n) is 3.74. The summed E-state index contributed by atoms with van der Waals surface area (Å²) < 4.78 is 0. The second-order valence-electron chi connectivity index (χ2n) is 6.17. The highest BCUT2D eigenvalue weighted by atomic mass is 16.1. The van der Waals surface area contributed by atoms with Gasteiger partial charge in [-0.3, -0.25) is 9.59 Å². The van der Waals surface area contributed by atoms with Gasteiger partial charge in [-0.05, 0) is 63.9 Å². The number of hydrogen-bond donors (Lipinski definition) is 2. The third-order valence-corrected chi connectivity index (χ3v) is 3.74. The fourth-order valence-electron chi connectivity index (χ4n) is 2.63. The maximum atomic E-state index is 12.4. The van der Waals surface area contributed by atoms with E-state index in [0.717, 1.165) is 16.9 Å². The molecule has 0 bridgehead atoms. The van der Waals surface area contributed by atoms with Crippen LogP contribution in [0.1, 0.15) is 52.6 Å². The number of aromatic nitrogens is 1. The van der Waals surface area contributed by atoms with Gasteiger partial charge in [0.15, 0.2) is 5.78 Å². The van der Waals surface area contributed by atoms with Crippen molar-refractivity contribution in [3.63, 3.8) is 0 Å². The van der Waals surface area contributed by atoms with Gasteiger partial charge in [0.05, 0.1) is 5.56 Å². The molecule has 1 aromatic heterocycles. The highest BCUT2D eigenvalue weighted by molar-refractivity contribution is 6.06. The molecule has 0 atom stereocenters. The number of nitrogens with one attached hydrogen (secondary N) is 2. The molecule has 0 aliphatic rings. The first-order valence-electron chi connectivity index (χ1n) is 7.94. The molecule has 1 heterocycles. The Bertz CT molecular complexity index is 765. The quantitative estimate of drug-likeness (QED) is 0.816. The van der Waals surface area contributed by atoms with Crippen molar-refractivity contribution in [2.45, 2.75) is 40.7 Å². The van der Waals surface area contributed by atoms with Gasteiger partial charge in [0, 0.05) is 23.5 Å². The molecule has 0 fully saturated rings. The number of hydrogen-bond acceptors (Lipinski definition) is 4. The van der Waals surface area contributed by atoms with Crippen LogP contribution in [0.2, 0.25) is 0 Å². The molecule has 0 aliphatic heterocycles. The number of carbonyl (C=O) groups is 2. The maximum Gasteiger partial charge on any atom is 0.257 e. The van der Waals surface area contributed by atoms with E-state index in [-0.39, 0.29) is 17.7 Å². The number of benzene rings is 1. The maximum absolute atomic E-state index is 12.4. The number of ketones is 1. The number of aryl methyl sites for hydroxylation is 1. The zero-order chi connectivity index (χ0) is 17.9. The van der Waals surface area contributed by atoms with Crippen molar-refractivity contribution in [3.8, 4) is 0 Å². The van der Waals surface area contributed by atoms with E-state index in [4.69, 9.17) is 0 Å². The van der Waals surface area contributed by atoms with Crippen LogP contribution in [0.15, 0.2) is 30.5 Å². The second kappa shape index (κ2) is 7.25. The summed E-state index contributed by atoms with van der Waals surface area (Å²) in [5.41, 5.74) is 3.45. The molecule has 0 saturated carbocycles. The molecule has 2 rings (SSSR count). The summed E-state index contributed by atoms with van der Waals surface area (Å²) in [6.45, 7) is 9.31. The number of carbonyl (C=O) groups excluding carboxylic acids is 2. The number of amides is 1. The average Bonchev–Trinajstić information content (AvgIpc) is 2.50. The summed E-state index contributed by atoms with van der Waals surface area (Å²) >= 11 is 0. The third kappa shape index (κ3) is 3.98. The molecule has 0 aliphatic carbocycles. The van der Waals surface area contributed by atoms with Crippen LogP contribution in [0, 0.1) is 13.8 Å². The van der Waals surface area contributed by atoms with Crippen molar-refractivity contribution < 1.29 is 9.59 Å². The van der Waals surface area contributed by atoms with Crippen LogP contribution in [0.3, 0.4) is 0 Å². The van der Waals surface area contributed by atoms with Gasteiger partial charge in [0.2, 0.25) is 0 Å². The lowest BCUT2D eigenvalue weighted by molar-refractivity contribution is 0.100. The summed E-state index contributed by atoms with van der Waals surface area (Å²) in [6.07, 6.45) is 1.54. The first-order chi connectivity index (χ1) is 11.3. The smallest absolute Gasteiger partial charge is 0.257 e. The molecule has 5 nitrogen and oxygen atoms in total. The summed E-state index contributed by atoms with van der Waals surface area (Å²) in [6, 6.07) is 7.43. The van der Waals surface area contributed by atoms with Gasteiger partial charge in [-0.25, -0.2) is 4.98 Å². The Morgan fingerprint density at radius 1 is 1.08 bits per heavy atom. The molecule has 5 heteroatoms. The van der Waals surface area contributed by atoms with Gasteiger partial charge in [-0.1, -0.05) is 6.07 Å². The summed E-state index contributed by atoms with van der Waals surface area (Å²) in [4.78, 5) is 28.4. The first kappa shape index (κ1) is 17.7. The minimum Gasteiger partial charge on any atom is -0.368 e. The number of Topliss-reactive ketones (excluding diaryl/α,β-unsaturated/α-hetero) is 1. The Balaban J connectivity index is 2.21. The predicted molar refractivity (Wildman–Crippen MR) is 96.9 cm³/mol. The minimum absolute atomic E-state index is 0.00752. The van der Waals surface area contributed by atoms with Crippen LogP contribution in [-0.2, 0) is 0 Å². The van der Waals surface area contributed by atoms with E-state index in [1.54, 1.807) is 12.1 Å². The molecule has 1 aromatic carbocycles. The standard InChI is InChI=1S/C19H23N3O2/c1-11(2)21-17-9-7-15(10-20-17)19(24)22-16-8-6-12(3)18(13(16)4)14(5)23/h6-11H,1-5H3,(H,20,21)(H,22,24). The molecule has 2 N–H and O–H groups in total. The normalized spacial score (nSPS) is 10.6. The molecule has 1 amide bonds. The highest BCUT2D eigenvalue weighted by Gasteiger charge is 2.14. The molecule has 24 heavy (non-hydrogen) atoms. The molecule has 0 unspecified atom stereocenters. The van der Waals surface area contributed by atoms with E-state index in [2.05, 4.69) is 15.6 Å². The molecule has 2 aromatic rings. The van der Waals surface area contributed by atoms with E-state index in [1.165, 1.54) is 13.1 Å². The zero-order valence-electron chi connectivity index (χ0n) is 14.7. The molecular weight excluding hydrogens is 302 g/mol. The Labute approximate surface area is 142 Å². The van der Waals surface area contributed by atoms with Gasteiger partial charge in [0.1, 0.15) is 5.82 Å². The van der Waals surface area contributed by atoms with Crippen molar-refractivity contribution in [1.29, 1.82) is 0 Å². The second-order valence-corrected chi connectivity index (χ2v) is 6.17. The van der Waals surface area contributed by atoms with E-state index in [1.807, 2.05) is 39.8 Å². The van der Waals surface area contributed by atoms with Crippen LogP contribution in [0.5, 0.6) is 0 Å². The molecule has 126 valence electrons. The monoisotopic (exact) mass is 325 g/mol. The molecule has 0 spiro atoms. The summed E-state index contributed by atoms with van der Waals surface area (Å²) in [5, 5.41) is 6.03. The van der Waals surface area contributed by atoms with E-state index in [9.17, 15) is 9.59 Å². The van der Waals surface area contributed by atoms with Crippen LogP contribution >= 0.6 is 0 Å². The lowest BCUT2D eigenvalue weighted by Gasteiger charge is -2.14. The van der Waals surface area contributed by atoms with Crippen LogP contribution in [0.4, 0.5) is 11.5 Å². The lowest BCUT2D eigenvalue weighted by atomic mass is 9.98. The van der Waals surface area contributed by atoms with Gasteiger partial charge < -0.3 is 10.6 Å². The topological polar surface area (TPSA) is 71.1 Å². The Morgan fingerprint density at radius 3 is 2.33 bits per heavy atom. The predicted octanol–water partition coefficient (Wildman–Crippen LogP) is 3.97. The minimum atomic E-state index is -0.250. The average molecular weight is 325 g/mol. The van der Waals surface area contributed by atoms with Crippen LogP contribution < -0.4 is 10.6 Å². The zero-order valence-corrected chi connectivity index (χ0v) is 14.7. The Hall–Kier alpha value is -2.69. The Morgan fingerprint density at radius 2 is 1.79 bits per heavy atom. The van der Waals surface area contributed by atoms with Crippen molar-refractivity contribution in [1.82, 2.24) is 4.98 Å². The van der Waals surface area contributed by atoms with E-state index in [0.29, 0.717) is 16.8 Å². The summed E-state index contributed by atoms with van der Waals surface area (Å²) in [5.74, 6) is 0.471. The van der Waals surface area contributed by atoms with Crippen molar-refractivity contribution >= 4 is 23.2 Å². The largest absolute Gasteiger partial charge is 0.368 e. The van der Waals surface area contributed by atoms with Gasteiger partial charge in [-0.15, -0.1) is 0 Å². The van der Waals surface area contributed by atoms with Gasteiger partial charge in [-0.2, -0.15) is 0 Å². The van der Waals surface area contributed by atoms with Gasteiger partial charge in [0.25, 0.3) is 5.91 Å². The van der Waals surface area contributed by atoms with Crippen molar-refractivity contribution in [3.05, 3.63) is 52.7 Å². The van der Waals surface area contributed by atoms with Gasteiger partial charge >= 0.3 is 0 Å². The summed E-state index contributed by atoms with van der Waals surface area (Å²) in [7, 11) is 0. The van der Waals surface area contributed by atoms with Crippen molar-refractivity contribution in [2.75, 3.05) is 10.6 Å². The number of pyridine rings is 1. The van der Waals surface area contributed by atoms with Crippen LogP contribution in [-0.4, -0.2) is 22.7 Å². The highest BCUT2D eigenvalue weighted by Crippen LogP contribution is 2.23. The van der Waals surface area contributed by atoms with Crippen molar-refractivity contribution in [2.24, 2.45) is 0 Å². The SMILES string of the molecule is CC(=O)c1c(C)ccc(NC(=O)c2ccc(NC(C)C)nc2)c1C. The first-order valence-corrected chi connectivity index (χ1v) is 7.94. The fourth-order valence-corrected chi connectivity index (χ4v) is 2.63.